The molecule has 0 saturated heterocycles. The van der Waals surface area contributed by atoms with Gasteiger partial charge < -0.3 is 5.11 Å². The molecular formula is C8H14N2O. The van der Waals surface area contributed by atoms with E-state index in [0.29, 0.717) is 12.5 Å². The highest BCUT2D eigenvalue weighted by atomic mass is 16.3. The Kier molecular flexibility index (Phi) is 2.65. The third kappa shape index (κ3) is 2.05. The van der Waals surface area contributed by atoms with Crippen LogP contribution < -0.4 is 0 Å². The van der Waals surface area contributed by atoms with E-state index >= 15 is 0 Å². The smallest absolute Gasteiger partial charge is 0.0640 e. The van der Waals surface area contributed by atoms with Crippen LogP contribution in [-0.4, -0.2) is 21.5 Å². The summed E-state index contributed by atoms with van der Waals surface area (Å²) in [6, 6.07) is 0. The van der Waals surface area contributed by atoms with Crippen molar-refractivity contribution >= 4 is 0 Å². The van der Waals surface area contributed by atoms with Gasteiger partial charge in [0.1, 0.15) is 0 Å². The van der Waals surface area contributed by atoms with E-state index < -0.39 is 0 Å². The van der Waals surface area contributed by atoms with Crippen LogP contribution in [0.25, 0.3) is 0 Å². The van der Waals surface area contributed by atoms with Gasteiger partial charge >= 0.3 is 0 Å². The second-order valence-electron chi connectivity index (χ2n) is 2.92. The zero-order valence-corrected chi connectivity index (χ0v) is 6.99. The molecule has 3 heteroatoms. The van der Waals surface area contributed by atoms with Crippen LogP contribution >= 0.6 is 0 Å². The Morgan fingerprint density at radius 3 is 2.82 bits per heavy atom. The van der Waals surface area contributed by atoms with E-state index in [9.17, 15) is 0 Å². The van der Waals surface area contributed by atoms with Crippen LogP contribution in [0.4, 0.5) is 0 Å². The SMILES string of the molecule is CC(C)c1cnn(CCO)c1. The van der Waals surface area contributed by atoms with Gasteiger partial charge in [0, 0.05) is 6.20 Å². The molecule has 0 aliphatic carbocycles. The van der Waals surface area contributed by atoms with E-state index in [1.165, 1.54) is 5.56 Å². The van der Waals surface area contributed by atoms with Crippen molar-refractivity contribution < 1.29 is 5.11 Å². The van der Waals surface area contributed by atoms with Gasteiger partial charge in [0.25, 0.3) is 0 Å². The number of aliphatic hydroxyl groups is 1. The van der Waals surface area contributed by atoms with Gasteiger partial charge in [0.05, 0.1) is 19.3 Å². The van der Waals surface area contributed by atoms with Gasteiger partial charge in [0.15, 0.2) is 0 Å². The van der Waals surface area contributed by atoms with Crippen molar-refractivity contribution in [1.29, 1.82) is 0 Å². The Labute approximate surface area is 66.7 Å². The number of hydrogen-bond donors (Lipinski definition) is 1. The average molecular weight is 154 g/mol. The summed E-state index contributed by atoms with van der Waals surface area (Å²) < 4.78 is 1.76. The van der Waals surface area contributed by atoms with Crippen LogP contribution in [0.3, 0.4) is 0 Å². The lowest BCUT2D eigenvalue weighted by Crippen LogP contribution is -2.01. The van der Waals surface area contributed by atoms with Crippen molar-refractivity contribution in [3.63, 3.8) is 0 Å². The minimum Gasteiger partial charge on any atom is -0.394 e. The molecule has 0 aromatic carbocycles. The van der Waals surface area contributed by atoms with Crippen LogP contribution in [0.15, 0.2) is 12.4 Å². The number of nitrogens with zero attached hydrogens (tertiary/aromatic N) is 2. The molecule has 0 aliphatic heterocycles. The molecule has 0 spiro atoms. The lowest BCUT2D eigenvalue weighted by atomic mass is 10.1. The molecule has 1 rings (SSSR count). The van der Waals surface area contributed by atoms with E-state index in [4.69, 9.17) is 5.11 Å². The third-order valence-corrected chi connectivity index (χ3v) is 1.65. The lowest BCUT2D eigenvalue weighted by molar-refractivity contribution is 0.269. The molecule has 0 amide bonds. The number of hydrogen-bond acceptors (Lipinski definition) is 2. The van der Waals surface area contributed by atoms with Gasteiger partial charge in [-0.05, 0) is 11.5 Å². The highest BCUT2D eigenvalue weighted by molar-refractivity contribution is 5.08. The molecule has 0 radical (unpaired) electrons. The van der Waals surface area contributed by atoms with Crippen molar-refractivity contribution in [2.45, 2.75) is 26.3 Å². The van der Waals surface area contributed by atoms with Crippen molar-refractivity contribution in [2.75, 3.05) is 6.61 Å². The highest BCUT2D eigenvalue weighted by Gasteiger charge is 2.01. The minimum absolute atomic E-state index is 0.152. The van der Waals surface area contributed by atoms with E-state index in [0.717, 1.165) is 0 Å². The van der Waals surface area contributed by atoms with Crippen LogP contribution in [0, 0.1) is 0 Å². The number of rotatable bonds is 3. The molecule has 1 aromatic heterocycles. The highest BCUT2D eigenvalue weighted by Crippen LogP contribution is 2.11. The fourth-order valence-electron chi connectivity index (χ4n) is 0.902. The molecule has 62 valence electrons. The maximum Gasteiger partial charge on any atom is 0.0640 e. The summed E-state index contributed by atoms with van der Waals surface area (Å²) in [5.41, 5.74) is 1.22. The van der Waals surface area contributed by atoms with E-state index in [1.54, 1.807) is 4.68 Å². The Bertz CT molecular complexity index is 218. The largest absolute Gasteiger partial charge is 0.394 e. The summed E-state index contributed by atoms with van der Waals surface area (Å²) in [4.78, 5) is 0. The maximum atomic E-state index is 8.61. The summed E-state index contributed by atoms with van der Waals surface area (Å²) in [6.45, 7) is 4.99. The Morgan fingerprint density at radius 1 is 1.64 bits per heavy atom. The van der Waals surface area contributed by atoms with Crippen molar-refractivity contribution in [2.24, 2.45) is 0 Å². The van der Waals surface area contributed by atoms with Gasteiger partial charge in [-0.15, -0.1) is 0 Å². The predicted molar refractivity (Wildman–Crippen MR) is 43.4 cm³/mol. The molecule has 0 aliphatic rings. The zero-order valence-electron chi connectivity index (χ0n) is 6.99. The van der Waals surface area contributed by atoms with Crippen molar-refractivity contribution in [3.05, 3.63) is 18.0 Å². The summed E-state index contributed by atoms with van der Waals surface area (Å²) in [5.74, 6) is 0.516. The van der Waals surface area contributed by atoms with Crippen LogP contribution in [0.2, 0.25) is 0 Å². The van der Waals surface area contributed by atoms with E-state index in [2.05, 4.69) is 18.9 Å². The van der Waals surface area contributed by atoms with Crippen LogP contribution in [-0.2, 0) is 6.54 Å². The van der Waals surface area contributed by atoms with Crippen LogP contribution in [0.1, 0.15) is 25.3 Å². The fourth-order valence-corrected chi connectivity index (χ4v) is 0.902. The number of aromatic nitrogens is 2. The monoisotopic (exact) mass is 154 g/mol. The molecule has 0 fully saturated rings. The molecule has 0 bridgehead atoms. The Balaban J connectivity index is 2.66. The first kappa shape index (κ1) is 8.27. The van der Waals surface area contributed by atoms with Crippen molar-refractivity contribution in [1.82, 2.24) is 9.78 Å². The summed E-state index contributed by atoms with van der Waals surface area (Å²) in [7, 11) is 0. The Hall–Kier alpha value is -0.830. The average Bonchev–Trinajstić information content (AvgIpc) is 2.37. The van der Waals surface area contributed by atoms with Gasteiger partial charge in [-0.3, -0.25) is 4.68 Å². The Morgan fingerprint density at radius 2 is 2.36 bits per heavy atom. The first-order valence-electron chi connectivity index (χ1n) is 3.87. The maximum absolute atomic E-state index is 8.61. The molecule has 11 heavy (non-hydrogen) atoms. The van der Waals surface area contributed by atoms with Gasteiger partial charge in [-0.25, -0.2) is 0 Å². The second kappa shape index (κ2) is 3.53. The fraction of sp³-hybridized carbons (Fsp3) is 0.625. The van der Waals surface area contributed by atoms with E-state index in [1.807, 2.05) is 12.4 Å². The molecule has 0 unspecified atom stereocenters. The quantitative estimate of drug-likeness (QED) is 0.705. The molecule has 3 nitrogen and oxygen atoms in total. The minimum atomic E-state index is 0.152. The topological polar surface area (TPSA) is 38.0 Å². The molecule has 1 heterocycles. The molecule has 0 atom stereocenters. The van der Waals surface area contributed by atoms with Gasteiger partial charge in [0.2, 0.25) is 0 Å². The number of aliphatic hydroxyl groups excluding tert-OH is 1. The molecular weight excluding hydrogens is 140 g/mol. The molecule has 1 aromatic rings. The third-order valence-electron chi connectivity index (χ3n) is 1.65. The predicted octanol–water partition coefficient (Wildman–Crippen LogP) is 0.999. The standard InChI is InChI=1S/C8H14N2O/c1-7(2)8-5-9-10(6-8)3-4-11/h5-7,11H,3-4H2,1-2H3. The first-order chi connectivity index (χ1) is 5.24. The molecule has 0 saturated carbocycles. The van der Waals surface area contributed by atoms with Gasteiger partial charge in [-0.2, -0.15) is 5.10 Å². The first-order valence-corrected chi connectivity index (χ1v) is 3.87. The normalized spacial score (nSPS) is 10.9. The zero-order chi connectivity index (χ0) is 8.27. The summed E-state index contributed by atoms with van der Waals surface area (Å²) >= 11 is 0. The second-order valence-corrected chi connectivity index (χ2v) is 2.92. The van der Waals surface area contributed by atoms with Gasteiger partial charge in [-0.1, -0.05) is 13.8 Å². The summed E-state index contributed by atoms with van der Waals surface area (Å²) in [5, 5.41) is 12.7. The lowest BCUT2D eigenvalue weighted by Gasteiger charge is -1.97. The van der Waals surface area contributed by atoms with Crippen LogP contribution in [0.5, 0.6) is 0 Å². The summed E-state index contributed by atoms with van der Waals surface area (Å²) in [6.07, 6.45) is 3.82. The van der Waals surface area contributed by atoms with Crippen molar-refractivity contribution in [3.8, 4) is 0 Å². The molecule has 1 N–H and O–H groups in total. The van der Waals surface area contributed by atoms with E-state index in [-0.39, 0.29) is 6.61 Å².